The van der Waals surface area contributed by atoms with Crippen molar-refractivity contribution < 1.29 is 19.0 Å². The summed E-state index contributed by atoms with van der Waals surface area (Å²) in [5.74, 6) is -0.350. The minimum Gasteiger partial charge on any atom is -0.484 e. The molecule has 2 atom stereocenters. The molecule has 0 spiro atoms. The summed E-state index contributed by atoms with van der Waals surface area (Å²) in [5.41, 5.74) is 0. The maximum Gasteiger partial charge on any atom is 0.257 e. The highest BCUT2D eigenvalue weighted by Gasteiger charge is 2.24. The van der Waals surface area contributed by atoms with Crippen molar-refractivity contribution in [1.29, 1.82) is 0 Å². The monoisotopic (exact) mass is 268 g/mol. The number of rotatable bonds is 5. The van der Waals surface area contributed by atoms with Gasteiger partial charge in [0.25, 0.3) is 5.91 Å². The Bertz CT molecular complexity index is 442. The summed E-state index contributed by atoms with van der Waals surface area (Å²) in [6.07, 6.45) is -0.426. The van der Waals surface area contributed by atoms with E-state index in [9.17, 15) is 14.3 Å². The normalized spacial score (nSPS) is 22.2. The second-order valence-electron chi connectivity index (χ2n) is 4.54. The summed E-state index contributed by atoms with van der Waals surface area (Å²) in [5, 5.41) is 15.3. The average Bonchev–Trinajstić information content (AvgIpc) is 2.80. The standard InChI is InChI=1S/C13H17FN2O3/c14-10-2-1-3-11(4-10)19-8-13(18)16-6-9-5-15-7-12(9)17/h1-4,9,12,15,17H,5-8H2,(H,16,18). The molecule has 1 heterocycles. The van der Waals surface area contributed by atoms with Crippen molar-refractivity contribution in [2.45, 2.75) is 6.10 Å². The van der Waals surface area contributed by atoms with Gasteiger partial charge in [0, 0.05) is 31.6 Å². The number of hydrogen-bond acceptors (Lipinski definition) is 4. The largest absolute Gasteiger partial charge is 0.484 e. The van der Waals surface area contributed by atoms with Crippen LogP contribution in [0, 0.1) is 11.7 Å². The summed E-state index contributed by atoms with van der Waals surface area (Å²) in [6, 6.07) is 5.63. The zero-order valence-corrected chi connectivity index (χ0v) is 10.4. The summed E-state index contributed by atoms with van der Waals surface area (Å²) < 4.78 is 18.0. The number of benzene rings is 1. The molecule has 3 N–H and O–H groups in total. The highest BCUT2D eigenvalue weighted by Crippen LogP contribution is 2.11. The Morgan fingerprint density at radius 1 is 1.53 bits per heavy atom. The van der Waals surface area contributed by atoms with Gasteiger partial charge in [-0.25, -0.2) is 4.39 Å². The van der Waals surface area contributed by atoms with Crippen molar-refractivity contribution in [3.05, 3.63) is 30.1 Å². The summed E-state index contributed by atoms with van der Waals surface area (Å²) in [6.45, 7) is 1.48. The lowest BCUT2D eigenvalue weighted by molar-refractivity contribution is -0.123. The van der Waals surface area contributed by atoms with E-state index in [1.54, 1.807) is 6.07 Å². The number of nitrogens with one attached hydrogen (secondary N) is 2. The van der Waals surface area contributed by atoms with Crippen LogP contribution in [0.1, 0.15) is 0 Å². The van der Waals surface area contributed by atoms with Crippen molar-refractivity contribution in [3.63, 3.8) is 0 Å². The maximum atomic E-state index is 12.9. The van der Waals surface area contributed by atoms with Crippen LogP contribution in [0.2, 0.25) is 0 Å². The lowest BCUT2D eigenvalue weighted by Crippen LogP contribution is -2.36. The van der Waals surface area contributed by atoms with Crippen LogP contribution >= 0.6 is 0 Å². The molecule has 0 aromatic heterocycles. The molecule has 1 amide bonds. The van der Waals surface area contributed by atoms with Gasteiger partial charge in [-0.1, -0.05) is 6.07 Å². The van der Waals surface area contributed by atoms with Crippen LogP contribution in [0.3, 0.4) is 0 Å². The summed E-state index contributed by atoms with van der Waals surface area (Å²) >= 11 is 0. The number of hydrogen-bond donors (Lipinski definition) is 3. The molecular formula is C13H17FN2O3. The van der Waals surface area contributed by atoms with Gasteiger partial charge in [0.15, 0.2) is 6.61 Å². The number of carbonyl (C=O) groups excluding carboxylic acids is 1. The molecule has 19 heavy (non-hydrogen) atoms. The first-order valence-electron chi connectivity index (χ1n) is 6.19. The fourth-order valence-corrected chi connectivity index (χ4v) is 1.93. The SMILES string of the molecule is O=C(COc1cccc(F)c1)NCC1CNCC1O. The Morgan fingerprint density at radius 3 is 3.05 bits per heavy atom. The molecule has 1 fully saturated rings. The molecule has 0 saturated carbocycles. The fourth-order valence-electron chi connectivity index (χ4n) is 1.93. The number of halogens is 1. The minimum absolute atomic E-state index is 0.0260. The van der Waals surface area contributed by atoms with Crippen LogP contribution in [-0.4, -0.2) is 43.4 Å². The zero-order chi connectivity index (χ0) is 13.7. The van der Waals surface area contributed by atoms with Gasteiger partial charge >= 0.3 is 0 Å². The van der Waals surface area contributed by atoms with E-state index in [4.69, 9.17) is 4.74 Å². The van der Waals surface area contributed by atoms with Crippen molar-refractivity contribution in [2.75, 3.05) is 26.2 Å². The molecular weight excluding hydrogens is 251 g/mol. The second-order valence-corrected chi connectivity index (χ2v) is 4.54. The number of aliphatic hydroxyl groups excluding tert-OH is 1. The van der Waals surface area contributed by atoms with Crippen LogP contribution in [0.15, 0.2) is 24.3 Å². The third-order valence-electron chi connectivity index (χ3n) is 3.03. The number of carbonyl (C=O) groups is 1. The van der Waals surface area contributed by atoms with Crippen molar-refractivity contribution in [1.82, 2.24) is 10.6 Å². The number of amides is 1. The van der Waals surface area contributed by atoms with E-state index in [0.717, 1.165) is 0 Å². The number of ether oxygens (including phenoxy) is 1. The molecule has 0 radical (unpaired) electrons. The molecule has 2 unspecified atom stereocenters. The van der Waals surface area contributed by atoms with Crippen molar-refractivity contribution in [3.8, 4) is 5.75 Å². The Labute approximate surface area is 110 Å². The highest BCUT2D eigenvalue weighted by molar-refractivity contribution is 5.77. The van der Waals surface area contributed by atoms with Gasteiger partial charge in [-0.05, 0) is 12.1 Å². The lowest BCUT2D eigenvalue weighted by atomic mass is 10.1. The molecule has 5 nitrogen and oxygen atoms in total. The van der Waals surface area contributed by atoms with Crippen LogP contribution in [0.5, 0.6) is 5.75 Å². The van der Waals surface area contributed by atoms with Crippen LogP contribution in [0.25, 0.3) is 0 Å². The van der Waals surface area contributed by atoms with Crippen LogP contribution < -0.4 is 15.4 Å². The quantitative estimate of drug-likeness (QED) is 0.697. The average molecular weight is 268 g/mol. The van der Waals surface area contributed by atoms with Crippen molar-refractivity contribution in [2.24, 2.45) is 5.92 Å². The number of β-amino-alcohol motifs (C(OH)–C–C–N with tert-alkyl or cyclic N) is 1. The van der Waals surface area contributed by atoms with Crippen LogP contribution in [0.4, 0.5) is 4.39 Å². The van der Waals surface area contributed by atoms with Crippen LogP contribution in [-0.2, 0) is 4.79 Å². The third kappa shape index (κ3) is 4.18. The smallest absolute Gasteiger partial charge is 0.257 e. The molecule has 1 saturated heterocycles. The minimum atomic E-state index is -0.426. The topological polar surface area (TPSA) is 70.6 Å². The molecule has 1 aliphatic rings. The molecule has 1 aromatic rings. The van der Waals surface area contributed by atoms with E-state index in [0.29, 0.717) is 25.4 Å². The predicted molar refractivity (Wildman–Crippen MR) is 67.3 cm³/mol. The zero-order valence-electron chi connectivity index (χ0n) is 10.4. The first-order chi connectivity index (χ1) is 9.15. The van der Waals surface area contributed by atoms with Gasteiger partial charge in [-0.3, -0.25) is 4.79 Å². The Morgan fingerprint density at radius 2 is 2.37 bits per heavy atom. The molecule has 104 valence electrons. The maximum absolute atomic E-state index is 12.9. The first kappa shape index (κ1) is 13.8. The molecule has 1 aliphatic heterocycles. The van der Waals surface area contributed by atoms with Crippen molar-refractivity contribution >= 4 is 5.91 Å². The molecule has 2 rings (SSSR count). The van der Waals surface area contributed by atoms with Gasteiger partial charge in [-0.2, -0.15) is 0 Å². The molecule has 0 bridgehead atoms. The Hall–Kier alpha value is -1.66. The molecule has 6 heteroatoms. The van der Waals surface area contributed by atoms with Gasteiger partial charge in [0.05, 0.1) is 6.10 Å². The molecule has 1 aromatic carbocycles. The lowest BCUT2D eigenvalue weighted by Gasteiger charge is -2.14. The van der Waals surface area contributed by atoms with Gasteiger partial charge < -0.3 is 20.5 Å². The van der Waals surface area contributed by atoms with Gasteiger partial charge in [-0.15, -0.1) is 0 Å². The second kappa shape index (κ2) is 6.49. The van der Waals surface area contributed by atoms with Gasteiger partial charge in [0.2, 0.25) is 0 Å². The van der Waals surface area contributed by atoms with E-state index >= 15 is 0 Å². The molecule has 0 aliphatic carbocycles. The van der Waals surface area contributed by atoms with E-state index < -0.39 is 11.9 Å². The summed E-state index contributed by atoms with van der Waals surface area (Å²) in [7, 11) is 0. The third-order valence-corrected chi connectivity index (χ3v) is 3.03. The number of aliphatic hydroxyl groups is 1. The fraction of sp³-hybridized carbons (Fsp3) is 0.462. The van der Waals surface area contributed by atoms with E-state index in [2.05, 4.69) is 10.6 Å². The van der Waals surface area contributed by atoms with Gasteiger partial charge in [0.1, 0.15) is 11.6 Å². The Balaban J connectivity index is 1.70. The van der Waals surface area contributed by atoms with E-state index in [-0.39, 0.29) is 18.4 Å². The summed E-state index contributed by atoms with van der Waals surface area (Å²) in [4.78, 5) is 11.5. The predicted octanol–water partition coefficient (Wildman–Crippen LogP) is -0.0990. The Kier molecular flexibility index (Phi) is 4.70. The highest BCUT2D eigenvalue weighted by atomic mass is 19.1. The first-order valence-corrected chi connectivity index (χ1v) is 6.19. The van der Waals surface area contributed by atoms with E-state index in [1.165, 1.54) is 18.2 Å². The van der Waals surface area contributed by atoms with E-state index in [1.807, 2.05) is 0 Å².